The molecule has 2 N–H and O–H groups in total. The van der Waals surface area contributed by atoms with E-state index in [0.29, 0.717) is 6.42 Å². The normalized spacial score (nSPS) is 24.5. The van der Waals surface area contributed by atoms with Gasteiger partial charge in [-0.25, -0.2) is 4.79 Å². The van der Waals surface area contributed by atoms with Crippen LogP contribution in [0.4, 0.5) is 0 Å². The molecule has 1 aliphatic heterocycles. The van der Waals surface area contributed by atoms with Gasteiger partial charge in [-0.1, -0.05) is 30.3 Å². The summed E-state index contributed by atoms with van der Waals surface area (Å²) in [7, 11) is 0. The summed E-state index contributed by atoms with van der Waals surface area (Å²) in [5.74, 6) is -0.00826. The number of aliphatic carboxylic acids is 1. The summed E-state index contributed by atoms with van der Waals surface area (Å²) in [6, 6.07) is 9.97. The fourth-order valence-corrected chi connectivity index (χ4v) is 3.09. The Labute approximate surface area is 99.2 Å². The van der Waals surface area contributed by atoms with Gasteiger partial charge in [0.2, 0.25) is 0 Å². The van der Waals surface area contributed by atoms with Crippen LogP contribution in [0.3, 0.4) is 0 Å². The summed E-state index contributed by atoms with van der Waals surface area (Å²) in [6.07, 6.45) is 1.65. The van der Waals surface area contributed by atoms with Crippen LogP contribution in [0, 0.1) is 0 Å². The number of carboxylic acid groups (broad SMARTS) is 1. The molecule has 1 aromatic rings. The van der Waals surface area contributed by atoms with E-state index in [-0.39, 0.29) is 0 Å². The van der Waals surface area contributed by atoms with E-state index in [1.54, 1.807) is 0 Å². The second kappa shape index (κ2) is 4.89. The van der Waals surface area contributed by atoms with Crippen molar-refractivity contribution in [2.75, 3.05) is 6.54 Å². The molecule has 0 spiro atoms. The maximum absolute atomic E-state index is 11.3. The number of rotatable bonds is 4. The van der Waals surface area contributed by atoms with E-state index >= 15 is 0 Å². The molecule has 86 valence electrons. The number of hydrogen-bond donors (Lipinski definition) is 2. The molecule has 3 nitrogen and oxygen atoms in total. The molecule has 4 heteroatoms. The van der Waals surface area contributed by atoms with Crippen molar-refractivity contribution in [3.8, 4) is 0 Å². The highest BCUT2D eigenvalue weighted by molar-refractivity contribution is 8.00. The van der Waals surface area contributed by atoms with Gasteiger partial charge < -0.3 is 5.11 Å². The monoisotopic (exact) mass is 237 g/mol. The van der Waals surface area contributed by atoms with Crippen molar-refractivity contribution in [3.63, 3.8) is 0 Å². The lowest BCUT2D eigenvalue weighted by Gasteiger charge is -2.23. The predicted octanol–water partition coefficient (Wildman–Crippen LogP) is 2.08. The van der Waals surface area contributed by atoms with Gasteiger partial charge in [-0.05, 0) is 24.9 Å². The van der Waals surface area contributed by atoms with Crippen LogP contribution in [-0.2, 0) is 10.5 Å². The number of hydrogen-bond acceptors (Lipinski definition) is 3. The van der Waals surface area contributed by atoms with Crippen LogP contribution in [0.5, 0.6) is 0 Å². The van der Waals surface area contributed by atoms with Crippen molar-refractivity contribution in [2.24, 2.45) is 0 Å². The van der Waals surface area contributed by atoms with E-state index in [1.807, 2.05) is 30.3 Å². The molecule has 0 amide bonds. The minimum atomic E-state index is -0.768. The first-order valence-electron chi connectivity index (χ1n) is 5.39. The van der Waals surface area contributed by atoms with Crippen molar-refractivity contribution in [3.05, 3.63) is 35.9 Å². The molecule has 1 aliphatic rings. The summed E-state index contributed by atoms with van der Waals surface area (Å²) < 4.78 is 0. The molecule has 0 aliphatic carbocycles. The lowest BCUT2D eigenvalue weighted by molar-refractivity contribution is -0.140. The molecule has 0 bridgehead atoms. The Morgan fingerprint density at radius 1 is 1.44 bits per heavy atom. The topological polar surface area (TPSA) is 49.3 Å². The Morgan fingerprint density at radius 3 is 2.75 bits per heavy atom. The number of carbonyl (C=O) groups is 1. The molecule has 0 saturated carbocycles. The standard InChI is InChI=1S/C12H15NO2S/c14-11(15)12(7-4-8-13-12)16-9-10-5-2-1-3-6-10/h1-3,5-6,13H,4,7-9H2,(H,14,15)/t12-/m1/s1. The summed E-state index contributed by atoms with van der Waals surface area (Å²) in [4.78, 5) is 10.5. The lowest BCUT2D eigenvalue weighted by Crippen LogP contribution is -2.44. The Morgan fingerprint density at radius 2 is 2.19 bits per heavy atom. The molecule has 0 radical (unpaired) electrons. The third-order valence-electron chi connectivity index (χ3n) is 2.79. The van der Waals surface area contributed by atoms with E-state index < -0.39 is 10.8 Å². The highest BCUT2D eigenvalue weighted by Crippen LogP contribution is 2.34. The molecule has 0 unspecified atom stereocenters. The van der Waals surface area contributed by atoms with Gasteiger partial charge in [0.25, 0.3) is 0 Å². The minimum Gasteiger partial charge on any atom is -0.479 e. The second-order valence-electron chi connectivity index (χ2n) is 3.94. The van der Waals surface area contributed by atoms with Crippen molar-refractivity contribution in [2.45, 2.75) is 23.5 Å². The quantitative estimate of drug-likeness (QED) is 0.842. The molecule has 1 aromatic carbocycles. The van der Waals surface area contributed by atoms with E-state index in [1.165, 1.54) is 17.3 Å². The van der Waals surface area contributed by atoms with Crippen molar-refractivity contribution < 1.29 is 9.90 Å². The zero-order valence-corrected chi connectivity index (χ0v) is 9.80. The Balaban J connectivity index is 2.00. The average Bonchev–Trinajstić information content (AvgIpc) is 2.78. The van der Waals surface area contributed by atoms with Gasteiger partial charge >= 0.3 is 5.97 Å². The van der Waals surface area contributed by atoms with Crippen LogP contribution in [0.2, 0.25) is 0 Å². The SMILES string of the molecule is O=C(O)[C@]1(SCc2ccccc2)CCCN1. The van der Waals surface area contributed by atoms with Gasteiger partial charge in [-0.3, -0.25) is 5.32 Å². The summed E-state index contributed by atoms with van der Waals surface area (Å²) in [5.41, 5.74) is 1.17. The van der Waals surface area contributed by atoms with E-state index in [9.17, 15) is 9.90 Å². The zero-order valence-electron chi connectivity index (χ0n) is 8.98. The van der Waals surface area contributed by atoms with Gasteiger partial charge in [-0.15, -0.1) is 11.8 Å². The fourth-order valence-electron chi connectivity index (χ4n) is 1.86. The van der Waals surface area contributed by atoms with Crippen LogP contribution in [-0.4, -0.2) is 22.5 Å². The number of carboxylic acids is 1. The lowest BCUT2D eigenvalue weighted by atomic mass is 10.2. The van der Waals surface area contributed by atoms with Crippen LogP contribution in [0.1, 0.15) is 18.4 Å². The highest BCUT2D eigenvalue weighted by atomic mass is 32.2. The van der Waals surface area contributed by atoms with Gasteiger partial charge in [-0.2, -0.15) is 0 Å². The predicted molar refractivity (Wildman–Crippen MR) is 65.3 cm³/mol. The molecule has 2 rings (SSSR count). The van der Waals surface area contributed by atoms with Crippen molar-refractivity contribution >= 4 is 17.7 Å². The summed E-state index contributed by atoms with van der Waals surface area (Å²) in [5, 5.41) is 12.4. The maximum atomic E-state index is 11.3. The van der Waals surface area contributed by atoms with Crippen LogP contribution >= 0.6 is 11.8 Å². The van der Waals surface area contributed by atoms with Gasteiger partial charge in [0, 0.05) is 5.75 Å². The molecule has 1 heterocycles. The Kier molecular flexibility index (Phi) is 3.51. The minimum absolute atomic E-state index is 0.708. The van der Waals surface area contributed by atoms with Crippen LogP contribution in [0.25, 0.3) is 0 Å². The van der Waals surface area contributed by atoms with Crippen molar-refractivity contribution in [1.29, 1.82) is 0 Å². The molecule has 1 saturated heterocycles. The van der Waals surface area contributed by atoms with Crippen LogP contribution in [0.15, 0.2) is 30.3 Å². The zero-order chi connectivity index (χ0) is 11.4. The third kappa shape index (κ3) is 2.39. The first kappa shape index (κ1) is 11.5. The fraction of sp³-hybridized carbons (Fsp3) is 0.417. The largest absolute Gasteiger partial charge is 0.479 e. The van der Waals surface area contributed by atoms with E-state index in [4.69, 9.17) is 0 Å². The average molecular weight is 237 g/mol. The molecule has 1 atom stereocenters. The Bertz CT molecular complexity index is 361. The molecular weight excluding hydrogens is 222 g/mol. The van der Waals surface area contributed by atoms with Gasteiger partial charge in [0.1, 0.15) is 0 Å². The van der Waals surface area contributed by atoms with Gasteiger partial charge in [0.15, 0.2) is 4.87 Å². The summed E-state index contributed by atoms with van der Waals surface area (Å²) >= 11 is 1.48. The highest BCUT2D eigenvalue weighted by Gasteiger charge is 2.41. The number of thioether (sulfide) groups is 1. The van der Waals surface area contributed by atoms with Gasteiger partial charge in [0.05, 0.1) is 0 Å². The first-order valence-corrected chi connectivity index (χ1v) is 6.38. The second-order valence-corrected chi connectivity index (χ2v) is 5.21. The first-order chi connectivity index (χ1) is 7.73. The molecule has 1 fully saturated rings. The van der Waals surface area contributed by atoms with E-state index in [2.05, 4.69) is 5.32 Å². The molecule has 16 heavy (non-hydrogen) atoms. The Hall–Kier alpha value is -1.00. The third-order valence-corrected chi connectivity index (χ3v) is 4.28. The molecular formula is C12H15NO2S. The van der Waals surface area contributed by atoms with Crippen molar-refractivity contribution in [1.82, 2.24) is 5.32 Å². The summed E-state index contributed by atoms with van der Waals surface area (Å²) in [6.45, 7) is 0.800. The molecule has 0 aromatic heterocycles. The number of benzene rings is 1. The van der Waals surface area contributed by atoms with E-state index in [0.717, 1.165) is 18.7 Å². The maximum Gasteiger partial charge on any atom is 0.334 e. The smallest absolute Gasteiger partial charge is 0.334 e. The van der Waals surface area contributed by atoms with Crippen LogP contribution < -0.4 is 5.32 Å². The number of nitrogens with one attached hydrogen (secondary N) is 1.